The van der Waals surface area contributed by atoms with Crippen LogP contribution in [0.25, 0.3) is 0 Å². The monoisotopic (exact) mass is 283 g/mol. The molecule has 4 heteroatoms. The Bertz CT molecular complexity index is 244. The lowest BCUT2D eigenvalue weighted by Gasteiger charge is -2.35. The first-order chi connectivity index (χ1) is 9.81. The van der Waals surface area contributed by atoms with E-state index < -0.39 is 0 Å². The molecule has 118 valence electrons. The third-order valence-electron chi connectivity index (χ3n) is 4.64. The Morgan fingerprint density at radius 1 is 0.750 bits per heavy atom. The van der Waals surface area contributed by atoms with Gasteiger partial charge in [-0.05, 0) is 58.4 Å². The van der Waals surface area contributed by atoms with E-state index in [9.17, 15) is 4.79 Å². The van der Waals surface area contributed by atoms with Crippen LogP contribution < -0.4 is 16.0 Å². The van der Waals surface area contributed by atoms with Crippen LogP contribution in [-0.4, -0.2) is 37.6 Å². The molecule has 2 fully saturated rings. The number of rotatable bonds is 5. The van der Waals surface area contributed by atoms with Crippen molar-refractivity contribution in [2.45, 2.75) is 89.4 Å². The van der Waals surface area contributed by atoms with E-state index in [1.54, 1.807) is 0 Å². The van der Waals surface area contributed by atoms with Crippen LogP contribution in [0.3, 0.4) is 0 Å². The maximum Gasteiger partial charge on any atom is 0.207 e. The first kappa shape index (κ1) is 17.4. The third-order valence-corrected chi connectivity index (χ3v) is 4.64. The summed E-state index contributed by atoms with van der Waals surface area (Å²) in [5.74, 6) is 0. The van der Waals surface area contributed by atoms with Gasteiger partial charge in [0.15, 0.2) is 0 Å². The molecule has 0 heterocycles. The molecule has 3 N–H and O–H groups in total. The second-order valence-electron chi connectivity index (χ2n) is 5.84. The summed E-state index contributed by atoms with van der Waals surface area (Å²) in [6.07, 6.45) is 10.7. The molecule has 0 bridgehead atoms. The van der Waals surface area contributed by atoms with Crippen molar-refractivity contribution < 1.29 is 4.79 Å². The largest absolute Gasteiger partial charge is 0.356 e. The summed E-state index contributed by atoms with van der Waals surface area (Å²) in [4.78, 5) is 10.4. The summed E-state index contributed by atoms with van der Waals surface area (Å²) < 4.78 is 0. The molecule has 0 atom stereocenters. The molecule has 2 aliphatic carbocycles. The highest BCUT2D eigenvalue weighted by Gasteiger charge is 2.25. The maximum atomic E-state index is 10.4. The predicted octanol–water partition coefficient (Wildman–Crippen LogP) is 2.19. The topological polar surface area (TPSA) is 53.2 Å². The average Bonchev–Trinajstić information content (AvgIpc) is 2.52. The molecule has 2 aliphatic rings. The van der Waals surface area contributed by atoms with Gasteiger partial charge >= 0.3 is 0 Å². The van der Waals surface area contributed by atoms with E-state index in [-0.39, 0.29) is 0 Å². The maximum absolute atomic E-state index is 10.4. The number of hydrogen-bond donors (Lipinski definition) is 3. The Labute approximate surface area is 124 Å². The van der Waals surface area contributed by atoms with E-state index in [1.165, 1.54) is 38.5 Å². The first-order valence-electron chi connectivity index (χ1n) is 8.45. The fourth-order valence-electron chi connectivity index (χ4n) is 3.41. The SMILES string of the molecule is CC.CNC1CCC(NC2CCC(NC=O)CC2)CC1. The third kappa shape index (κ3) is 5.80. The highest BCUT2D eigenvalue weighted by molar-refractivity contribution is 5.46. The molecule has 4 nitrogen and oxygen atoms in total. The normalized spacial score (nSPS) is 33.8. The van der Waals surface area contributed by atoms with Crippen LogP contribution in [0, 0.1) is 0 Å². The lowest BCUT2D eigenvalue weighted by molar-refractivity contribution is -0.110. The van der Waals surface area contributed by atoms with Crippen molar-refractivity contribution in [2.75, 3.05) is 7.05 Å². The predicted molar refractivity (Wildman–Crippen MR) is 84.8 cm³/mol. The molecule has 0 saturated heterocycles. The fourth-order valence-corrected chi connectivity index (χ4v) is 3.41. The van der Waals surface area contributed by atoms with Crippen molar-refractivity contribution >= 4 is 6.41 Å². The van der Waals surface area contributed by atoms with E-state index in [0.29, 0.717) is 12.1 Å². The van der Waals surface area contributed by atoms with Crippen LogP contribution in [0.2, 0.25) is 0 Å². The molecule has 0 aromatic rings. The van der Waals surface area contributed by atoms with Gasteiger partial charge in [-0.3, -0.25) is 4.79 Å². The quantitative estimate of drug-likeness (QED) is 0.678. The molecule has 0 spiro atoms. The van der Waals surface area contributed by atoms with E-state index in [1.807, 2.05) is 13.8 Å². The van der Waals surface area contributed by atoms with Crippen LogP contribution in [0.1, 0.15) is 65.2 Å². The van der Waals surface area contributed by atoms with Crippen LogP contribution in [0.4, 0.5) is 0 Å². The number of nitrogens with one attached hydrogen (secondary N) is 3. The smallest absolute Gasteiger partial charge is 0.207 e. The van der Waals surface area contributed by atoms with Gasteiger partial charge in [-0.15, -0.1) is 0 Å². The van der Waals surface area contributed by atoms with Crippen molar-refractivity contribution in [3.05, 3.63) is 0 Å². The Balaban J connectivity index is 0.000000956. The Morgan fingerprint density at radius 3 is 1.55 bits per heavy atom. The van der Waals surface area contributed by atoms with Crippen LogP contribution in [0.15, 0.2) is 0 Å². The average molecular weight is 283 g/mol. The zero-order valence-corrected chi connectivity index (χ0v) is 13.5. The molecule has 1 amide bonds. The van der Waals surface area contributed by atoms with E-state index >= 15 is 0 Å². The summed E-state index contributed by atoms with van der Waals surface area (Å²) in [6.45, 7) is 4.00. The minimum absolute atomic E-state index is 0.417. The molecule has 0 unspecified atom stereocenters. The lowest BCUT2D eigenvalue weighted by atomic mass is 9.87. The lowest BCUT2D eigenvalue weighted by Crippen LogP contribution is -2.46. The molecule has 0 aromatic carbocycles. The van der Waals surface area contributed by atoms with E-state index in [2.05, 4.69) is 23.0 Å². The summed E-state index contributed by atoms with van der Waals surface area (Å²) in [7, 11) is 2.07. The molecular weight excluding hydrogens is 250 g/mol. The Kier molecular flexibility index (Phi) is 8.86. The molecule has 20 heavy (non-hydrogen) atoms. The van der Waals surface area contributed by atoms with Gasteiger partial charge in [0.05, 0.1) is 0 Å². The fraction of sp³-hybridized carbons (Fsp3) is 0.938. The first-order valence-corrected chi connectivity index (χ1v) is 8.45. The Morgan fingerprint density at radius 2 is 1.15 bits per heavy atom. The highest BCUT2D eigenvalue weighted by Crippen LogP contribution is 2.23. The van der Waals surface area contributed by atoms with Crippen molar-refractivity contribution in [1.29, 1.82) is 0 Å². The zero-order chi connectivity index (χ0) is 14.8. The van der Waals surface area contributed by atoms with Gasteiger partial charge in [0.25, 0.3) is 0 Å². The number of hydrogen-bond acceptors (Lipinski definition) is 3. The van der Waals surface area contributed by atoms with Gasteiger partial charge in [0.2, 0.25) is 6.41 Å². The van der Waals surface area contributed by atoms with Gasteiger partial charge in [-0.1, -0.05) is 13.8 Å². The summed E-state index contributed by atoms with van der Waals surface area (Å²) >= 11 is 0. The molecule has 0 radical (unpaired) electrons. The minimum Gasteiger partial charge on any atom is -0.356 e. The summed E-state index contributed by atoms with van der Waals surface area (Å²) in [5, 5.41) is 10.1. The van der Waals surface area contributed by atoms with Crippen molar-refractivity contribution in [3.63, 3.8) is 0 Å². The molecule has 0 aromatic heterocycles. The van der Waals surface area contributed by atoms with Gasteiger partial charge in [-0.25, -0.2) is 0 Å². The van der Waals surface area contributed by atoms with Crippen molar-refractivity contribution in [2.24, 2.45) is 0 Å². The van der Waals surface area contributed by atoms with Crippen LogP contribution >= 0.6 is 0 Å². The number of carbonyl (C=O) groups is 1. The minimum atomic E-state index is 0.417. The standard InChI is InChI=1S/C14H27N3O.C2H6/c1-15-11-2-6-13(7-3-11)17-14-8-4-12(5-9-14)16-10-18;1-2/h10-15,17H,2-9H2,1H3,(H,16,18);1-2H3. The van der Waals surface area contributed by atoms with E-state index in [4.69, 9.17) is 0 Å². The second-order valence-corrected chi connectivity index (χ2v) is 5.84. The van der Waals surface area contributed by atoms with Gasteiger partial charge < -0.3 is 16.0 Å². The molecule has 2 saturated carbocycles. The van der Waals surface area contributed by atoms with E-state index in [0.717, 1.165) is 31.3 Å². The summed E-state index contributed by atoms with van der Waals surface area (Å²) in [5.41, 5.74) is 0. The molecule has 0 aliphatic heterocycles. The van der Waals surface area contributed by atoms with Crippen LogP contribution in [0.5, 0.6) is 0 Å². The number of amides is 1. The zero-order valence-electron chi connectivity index (χ0n) is 13.5. The number of carbonyl (C=O) groups excluding carboxylic acids is 1. The van der Waals surface area contributed by atoms with Crippen LogP contribution in [-0.2, 0) is 4.79 Å². The highest BCUT2D eigenvalue weighted by atomic mass is 16.1. The molecular formula is C16H33N3O. The second kappa shape index (κ2) is 10.2. The molecule has 2 rings (SSSR count). The van der Waals surface area contributed by atoms with Gasteiger partial charge in [0.1, 0.15) is 0 Å². The van der Waals surface area contributed by atoms with Crippen molar-refractivity contribution in [1.82, 2.24) is 16.0 Å². The Hall–Kier alpha value is -0.610. The van der Waals surface area contributed by atoms with Crippen molar-refractivity contribution in [3.8, 4) is 0 Å². The summed E-state index contributed by atoms with van der Waals surface area (Å²) in [6, 6.07) is 2.54. The van der Waals surface area contributed by atoms with Gasteiger partial charge in [0, 0.05) is 24.2 Å². The van der Waals surface area contributed by atoms with Gasteiger partial charge in [-0.2, -0.15) is 0 Å².